The molecule has 10 aromatic rings. The lowest BCUT2D eigenvalue weighted by molar-refractivity contribution is 0.477. The number of fused-ring (bicyclic) bond motifs is 10. The Bertz CT molecular complexity index is 2870. The number of hydrogen-bond donors (Lipinski definition) is 0. The summed E-state index contributed by atoms with van der Waals surface area (Å²) in [5.74, 6) is 3.09. The van der Waals surface area contributed by atoms with Crippen molar-refractivity contribution >= 4 is 68.2 Å². The van der Waals surface area contributed by atoms with Crippen LogP contribution >= 0.6 is 11.8 Å². The van der Waals surface area contributed by atoms with Crippen LogP contribution in [0.15, 0.2) is 180 Å². The van der Waals surface area contributed by atoms with E-state index in [0.29, 0.717) is 11.3 Å². The number of para-hydroxylation sites is 8. The fourth-order valence-corrected chi connectivity index (χ4v) is 9.07. The molecule has 2 aliphatic heterocycles. The second-order valence-electron chi connectivity index (χ2n) is 13.7. The van der Waals surface area contributed by atoms with Crippen LogP contribution in [0, 0.1) is 0 Å². The monoisotopic (exact) mass is 740 g/mol. The Labute approximate surface area is 324 Å². The first-order valence-corrected chi connectivity index (χ1v) is 19.1. The van der Waals surface area contributed by atoms with E-state index >= 15 is 0 Å². The van der Waals surface area contributed by atoms with Crippen LogP contribution in [0.3, 0.4) is 0 Å². The van der Waals surface area contributed by atoms with Crippen LogP contribution in [-0.2, 0) is 0 Å². The van der Waals surface area contributed by atoms with E-state index in [9.17, 15) is 0 Å². The summed E-state index contributed by atoms with van der Waals surface area (Å²) in [5.41, 5.74) is 11.4. The van der Waals surface area contributed by atoms with Gasteiger partial charge in [-0.1, -0.05) is 72.4 Å². The lowest BCUT2D eigenvalue weighted by Gasteiger charge is -2.32. The van der Waals surface area contributed by atoms with Gasteiger partial charge in [-0.15, -0.1) is 20.4 Å². The van der Waals surface area contributed by atoms with Crippen molar-refractivity contribution in [2.75, 3.05) is 9.80 Å². The molecule has 0 aliphatic carbocycles. The predicted molar refractivity (Wildman–Crippen MR) is 221 cm³/mol. The van der Waals surface area contributed by atoms with E-state index in [1.165, 1.54) is 21.2 Å². The number of aromatic nitrogens is 6. The first kappa shape index (κ1) is 31.0. The molecule has 0 spiro atoms. The summed E-state index contributed by atoms with van der Waals surface area (Å²) in [7, 11) is 0. The third kappa shape index (κ3) is 4.56. The molecule has 0 fully saturated rings. The number of nitrogens with zero attached hydrogens (tertiary/aromatic N) is 8. The molecule has 0 radical (unpaired) electrons. The molecule has 0 amide bonds. The van der Waals surface area contributed by atoms with Gasteiger partial charge in [0.1, 0.15) is 0 Å². The van der Waals surface area contributed by atoms with E-state index < -0.39 is 0 Å². The molecule has 0 N–H and O–H groups in total. The van der Waals surface area contributed by atoms with Gasteiger partial charge in [-0.05, 0) is 109 Å². The summed E-state index contributed by atoms with van der Waals surface area (Å²) in [5, 5.41) is 19.0. The third-order valence-electron chi connectivity index (χ3n) is 10.5. The number of ether oxygens (including phenoxy) is 1. The van der Waals surface area contributed by atoms with Crippen molar-refractivity contribution < 1.29 is 4.74 Å². The number of rotatable bonds is 4. The van der Waals surface area contributed by atoms with Crippen molar-refractivity contribution in [3.8, 4) is 34.3 Å². The van der Waals surface area contributed by atoms with Gasteiger partial charge in [0.2, 0.25) is 11.3 Å². The van der Waals surface area contributed by atoms with E-state index in [-0.39, 0.29) is 0 Å². The van der Waals surface area contributed by atoms with Gasteiger partial charge in [-0.2, -0.15) is 0 Å². The average Bonchev–Trinajstić information content (AvgIpc) is 3.91. The maximum atomic E-state index is 6.24. The Morgan fingerprint density at radius 2 is 0.768 bits per heavy atom. The maximum absolute atomic E-state index is 6.24. The molecule has 0 saturated heterocycles. The topological polar surface area (TPSA) is 76.1 Å². The molecule has 9 nitrogen and oxygen atoms in total. The molecule has 0 saturated carbocycles. The van der Waals surface area contributed by atoms with Crippen molar-refractivity contribution in [3.05, 3.63) is 170 Å². The van der Waals surface area contributed by atoms with Crippen LogP contribution in [0.25, 0.3) is 45.1 Å². The van der Waals surface area contributed by atoms with E-state index in [1.807, 2.05) is 48.5 Å². The average molecular weight is 741 g/mol. The van der Waals surface area contributed by atoms with Gasteiger partial charge in [0.15, 0.2) is 23.1 Å². The second kappa shape index (κ2) is 12.0. The summed E-state index contributed by atoms with van der Waals surface area (Å²) >= 11 is 1.81. The molecule has 3 aromatic heterocycles. The predicted octanol–water partition coefficient (Wildman–Crippen LogP) is 11.8. The Morgan fingerprint density at radius 3 is 1.25 bits per heavy atom. The fourth-order valence-electron chi connectivity index (χ4n) is 8.02. The van der Waals surface area contributed by atoms with Gasteiger partial charge in [-0.25, -0.2) is 0 Å². The molecule has 5 heterocycles. The maximum Gasteiger partial charge on any atom is 0.207 e. The van der Waals surface area contributed by atoms with Gasteiger partial charge in [0.05, 0.1) is 33.8 Å². The van der Waals surface area contributed by atoms with E-state index in [4.69, 9.17) is 25.1 Å². The molecular formula is C46H28N8OS. The summed E-state index contributed by atoms with van der Waals surface area (Å²) in [6.45, 7) is 0. The molecule has 7 aromatic carbocycles. The highest BCUT2D eigenvalue weighted by Gasteiger charge is 2.27. The zero-order valence-corrected chi connectivity index (χ0v) is 30.4. The normalized spacial score (nSPS) is 13.0. The van der Waals surface area contributed by atoms with Crippen molar-refractivity contribution in [2.45, 2.75) is 9.79 Å². The van der Waals surface area contributed by atoms with Gasteiger partial charge in [0, 0.05) is 32.3 Å². The zero-order valence-electron chi connectivity index (χ0n) is 29.6. The molecule has 10 heteroatoms. The van der Waals surface area contributed by atoms with Crippen molar-refractivity contribution in [3.63, 3.8) is 0 Å². The summed E-state index contributed by atoms with van der Waals surface area (Å²) in [6.07, 6.45) is 0. The van der Waals surface area contributed by atoms with Gasteiger partial charge in [-0.3, -0.25) is 8.80 Å². The lowest BCUT2D eigenvalue weighted by atomic mass is 10.1. The first-order chi connectivity index (χ1) is 27.8. The number of anilines is 6. The highest BCUT2D eigenvalue weighted by Crippen LogP contribution is 2.52. The van der Waals surface area contributed by atoms with E-state index in [2.05, 4.69) is 140 Å². The minimum Gasteiger partial charge on any atom is -0.453 e. The highest BCUT2D eigenvalue weighted by atomic mass is 32.2. The Hall–Kier alpha value is -7.43. The molecular weight excluding hydrogens is 713 g/mol. The van der Waals surface area contributed by atoms with Crippen LogP contribution in [0.4, 0.5) is 34.1 Å². The van der Waals surface area contributed by atoms with Gasteiger partial charge < -0.3 is 14.5 Å². The summed E-state index contributed by atoms with van der Waals surface area (Å²) in [4.78, 5) is 7.01. The van der Waals surface area contributed by atoms with Crippen molar-refractivity contribution in [1.82, 2.24) is 29.2 Å². The summed E-state index contributed by atoms with van der Waals surface area (Å²) < 4.78 is 10.4. The molecule has 0 atom stereocenters. The number of hydrogen-bond acceptors (Lipinski definition) is 8. The first-order valence-electron chi connectivity index (χ1n) is 18.3. The Morgan fingerprint density at radius 1 is 0.375 bits per heavy atom. The Balaban J connectivity index is 0.948. The van der Waals surface area contributed by atoms with Crippen LogP contribution in [-0.4, -0.2) is 29.2 Å². The molecule has 2 aliphatic rings. The second-order valence-corrected chi connectivity index (χ2v) is 14.8. The van der Waals surface area contributed by atoms with Crippen LogP contribution in [0.5, 0.6) is 11.5 Å². The molecule has 0 bridgehead atoms. The smallest absolute Gasteiger partial charge is 0.207 e. The van der Waals surface area contributed by atoms with Gasteiger partial charge in [0.25, 0.3) is 0 Å². The lowest BCUT2D eigenvalue weighted by Crippen LogP contribution is -2.15. The zero-order chi connectivity index (χ0) is 36.7. The minimum atomic E-state index is 0.633. The molecule has 56 heavy (non-hydrogen) atoms. The number of benzene rings is 7. The summed E-state index contributed by atoms with van der Waals surface area (Å²) in [6, 6.07) is 58.6. The van der Waals surface area contributed by atoms with Crippen molar-refractivity contribution in [1.29, 1.82) is 0 Å². The highest BCUT2D eigenvalue weighted by molar-refractivity contribution is 7.99. The van der Waals surface area contributed by atoms with E-state index in [0.717, 1.165) is 68.1 Å². The van der Waals surface area contributed by atoms with Gasteiger partial charge >= 0.3 is 0 Å². The SMILES string of the molecule is c1ccc2c(c1)Oc1ccccc1N2c1ccc(-c2nnc3c4nnc(-c5ccc(N6c7ccccc7Sc7ccccc76)cc5)n4c4ccccc4n23)cc1. The molecule has 12 rings (SSSR count). The fraction of sp³-hybridized carbons (Fsp3) is 0. The third-order valence-corrected chi connectivity index (χ3v) is 11.7. The largest absolute Gasteiger partial charge is 0.453 e. The van der Waals surface area contributed by atoms with Crippen LogP contribution in [0.2, 0.25) is 0 Å². The van der Waals surface area contributed by atoms with Crippen LogP contribution in [0.1, 0.15) is 0 Å². The molecule has 264 valence electrons. The van der Waals surface area contributed by atoms with E-state index in [1.54, 1.807) is 11.8 Å². The standard InChI is InChI=1S/C46H28N8OS/c1-2-12-34-33(11-1)53-43(29-21-25-31(26-22-29)51-35-13-3-7-17-39(35)55-40-18-8-4-14-36(40)51)47-49-45(53)46-50-48-44(54(34)46)30-23-27-32(28-24-30)52-37-15-5-9-19-41(37)56-42-20-10-6-16-38(42)52/h1-28H. The van der Waals surface area contributed by atoms with Crippen molar-refractivity contribution in [2.24, 2.45) is 0 Å². The van der Waals surface area contributed by atoms with Crippen LogP contribution < -0.4 is 14.5 Å². The molecule has 0 unspecified atom stereocenters. The quantitative estimate of drug-likeness (QED) is 0.177. The minimum absolute atomic E-state index is 0.633. The Kier molecular flexibility index (Phi) is 6.66.